The van der Waals surface area contributed by atoms with E-state index in [0.29, 0.717) is 0 Å². The molecule has 1 fully saturated rings. The van der Waals surface area contributed by atoms with Gasteiger partial charge in [-0.05, 0) is 32.1 Å². The molecule has 0 N–H and O–H groups in total. The molecule has 1 aromatic rings. The summed E-state index contributed by atoms with van der Waals surface area (Å²) in [7, 11) is 0. The second kappa shape index (κ2) is 17.6. The zero-order valence-electron chi connectivity index (χ0n) is 9.00. The molecule has 3 heteroatoms. The van der Waals surface area contributed by atoms with Gasteiger partial charge < -0.3 is 0 Å². The van der Waals surface area contributed by atoms with Crippen molar-refractivity contribution in [2.45, 2.75) is 0 Å². The fraction of sp³-hybridized carbons (Fsp3) is 0. The SMILES string of the molecule is [C-]#[O+].[C-]#[O+].[CH]1[CH][CH][CH][CH]1.[W+]#[C]c1ccccc1. The van der Waals surface area contributed by atoms with Gasteiger partial charge in [0, 0.05) is 0 Å². The van der Waals surface area contributed by atoms with E-state index in [4.69, 9.17) is 9.30 Å². The average molecular weight is 394 g/mol. The van der Waals surface area contributed by atoms with E-state index in [9.17, 15) is 0 Å². The molecule has 0 bridgehead atoms. The van der Waals surface area contributed by atoms with Crippen molar-refractivity contribution in [1.29, 1.82) is 0 Å². The molecule has 1 aliphatic carbocycles. The molecule has 0 saturated heterocycles. The molecule has 1 saturated carbocycles. The zero-order chi connectivity index (χ0) is 13.4. The van der Waals surface area contributed by atoms with Crippen LogP contribution in [0, 0.1) is 49.6 Å². The van der Waals surface area contributed by atoms with Crippen LogP contribution >= 0.6 is 0 Å². The molecule has 0 heterocycles. The van der Waals surface area contributed by atoms with Gasteiger partial charge in [0.25, 0.3) is 0 Å². The van der Waals surface area contributed by atoms with E-state index in [1.54, 1.807) is 0 Å². The molecule has 1 aliphatic rings. The van der Waals surface area contributed by atoms with Gasteiger partial charge in [0.2, 0.25) is 0 Å². The monoisotopic (exact) mass is 394 g/mol. The Hall–Kier alpha value is -0.832. The fourth-order valence-electron chi connectivity index (χ4n) is 0.827. The first-order valence-electron chi connectivity index (χ1n) is 4.44. The first-order valence-corrected chi connectivity index (χ1v) is 5.91. The van der Waals surface area contributed by atoms with Gasteiger partial charge >= 0.3 is 81.9 Å². The molecule has 0 aromatic heterocycles. The van der Waals surface area contributed by atoms with Crippen LogP contribution in [0.25, 0.3) is 0 Å². The van der Waals surface area contributed by atoms with E-state index < -0.39 is 0 Å². The van der Waals surface area contributed by atoms with E-state index in [1.807, 2.05) is 62.4 Å². The van der Waals surface area contributed by atoms with E-state index in [0.717, 1.165) is 0 Å². The van der Waals surface area contributed by atoms with Crippen LogP contribution in [0.3, 0.4) is 0 Å². The summed E-state index contributed by atoms with van der Waals surface area (Å²) in [5.41, 5.74) is 1.20. The predicted octanol–water partition coefficient (Wildman–Crippen LogP) is 2.49. The third-order valence-electron chi connectivity index (χ3n) is 1.45. The summed E-state index contributed by atoms with van der Waals surface area (Å²) in [6.07, 6.45) is 10.0. The Bertz CT molecular complexity index is 318. The molecular weight excluding hydrogens is 384 g/mol. The van der Waals surface area contributed by atoms with Crippen LogP contribution in [-0.2, 0) is 28.5 Å². The summed E-state index contributed by atoms with van der Waals surface area (Å²) in [4.78, 5) is 0. The summed E-state index contributed by atoms with van der Waals surface area (Å²) >= 11 is 1.38. The molecule has 0 unspecified atom stereocenters. The topological polar surface area (TPSA) is 39.8 Å². The van der Waals surface area contributed by atoms with Gasteiger partial charge in [0.1, 0.15) is 0 Å². The van der Waals surface area contributed by atoms with Gasteiger partial charge in [-0.3, -0.25) is 0 Å². The third kappa shape index (κ3) is 13.1. The molecule has 5 radical (unpaired) electrons. The Labute approximate surface area is 114 Å². The van der Waals surface area contributed by atoms with Gasteiger partial charge in [-0.25, -0.2) is 0 Å². The molecule has 2 nitrogen and oxygen atoms in total. The first kappa shape index (κ1) is 18.5. The maximum atomic E-state index is 7.50. The minimum absolute atomic E-state index is 1.20. The van der Waals surface area contributed by atoms with Crippen molar-refractivity contribution in [1.82, 2.24) is 0 Å². The van der Waals surface area contributed by atoms with Gasteiger partial charge in [0.05, 0.1) is 0 Å². The second-order valence-corrected chi connectivity index (χ2v) is 3.16. The standard InChI is InChI=1S/C7H5.C5H5.2CO.W/c1-7-5-3-2-4-6-7;1-2-4-5-3-1;2*1-2;/h2-6H;1-5H;;;/q;;;;+1. The summed E-state index contributed by atoms with van der Waals surface area (Å²) < 4.78 is 18.1. The fourth-order valence-corrected chi connectivity index (χ4v) is 1.32. The Kier molecular flexibility index (Phi) is 19.1. The minimum atomic E-state index is 1.20. The van der Waals surface area contributed by atoms with Crippen molar-refractivity contribution in [3.05, 3.63) is 81.3 Å². The van der Waals surface area contributed by atoms with Gasteiger partial charge in [0.15, 0.2) is 0 Å². The molecule has 0 spiro atoms. The van der Waals surface area contributed by atoms with Crippen molar-refractivity contribution in [2.75, 3.05) is 0 Å². The predicted molar refractivity (Wildman–Crippen MR) is 58.8 cm³/mol. The van der Waals surface area contributed by atoms with Crippen LogP contribution in [0.5, 0.6) is 0 Å². The molecule has 83 valence electrons. The van der Waals surface area contributed by atoms with E-state index in [1.165, 1.54) is 24.7 Å². The van der Waals surface area contributed by atoms with Crippen LogP contribution in [-0.4, -0.2) is 0 Å². The molecule has 17 heavy (non-hydrogen) atoms. The van der Waals surface area contributed by atoms with Crippen molar-refractivity contribution in [3.8, 4) is 4.20 Å². The first-order chi connectivity index (χ1) is 8.43. The molecular formula is C14H10O2W+. The van der Waals surface area contributed by atoms with E-state index in [-0.39, 0.29) is 0 Å². The Morgan fingerprint density at radius 2 is 1.12 bits per heavy atom. The average Bonchev–Trinajstić information content (AvgIpc) is 3.03. The molecule has 2 rings (SSSR count). The summed E-state index contributed by atoms with van der Waals surface area (Å²) in [5, 5.41) is 0. The molecule has 0 amide bonds. The van der Waals surface area contributed by atoms with Crippen LogP contribution < -0.4 is 0 Å². The summed E-state index contributed by atoms with van der Waals surface area (Å²) in [6.45, 7) is 9.00. The van der Waals surface area contributed by atoms with Crippen molar-refractivity contribution in [3.63, 3.8) is 0 Å². The van der Waals surface area contributed by atoms with Crippen molar-refractivity contribution >= 4 is 0 Å². The number of hydrogen-bond acceptors (Lipinski definition) is 0. The number of benzene rings is 1. The van der Waals surface area contributed by atoms with Crippen molar-refractivity contribution < 1.29 is 28.5 Å². The van der Waals surface area contributed by atoms with E-state index in [2.05, 4.69) is 17.5 Å². The van der Waals surface area contributed by atoms with Crippen LogP contribution in [0.4, 0.5) is 0 Å². The molecule has 0 aliphatic heterocycles. The third-order valence-corrected chi connectivity index (χ3v) is 2.29. The van der Waals surface area contributed by atoms with Crippen molar-refractivity contribution in [2.24, 2.45) is 0 Å². The zero-order valence-corrected chi connectivity index (χ0v) is 11.9. The second-order valence-electron chi connectivity index (χ2n) is 2.43. The van der Waals surface area contributed by atoms with Crippen LogP contribution in [0.15, 0.2) is 30.3 Å². The molecule has 0 atom stereocenters. The Balaban J connectivity index is 0. The van der Waals surface area contributed by atoms with Gasteiger partial charge in [-0.15, -0.1) is 0 Å². The Morgan fingerprint density at radius 1 is 0.765 bits per heavy atom. The van der Waals surface area contributed by atoms with Gasteiger partial charge in [-0.1, -0.05) is 0 Å². The summed E-state index contributed by atoms with van der Waals surface area (Å²) in [6, 6.07) is 10.1. The number of rotatable bonds is 0. The normalized spacial score (nSPS) is 11.0. The van der Waals surface area contributed by atoms with Crippen LogP contribution in [0.2, 0.25) is 0 Å². The van der Waals surface area contributed by atoms with Crippen LogP contribution in [0.1, 0.15) is 5.56 Å². The molecule has 1 aromatic carbocycles. The summed E-state index contributed by atoms with van der Waals surface area (Å²) in [5.74, 6) is 0. The van der Waals surface area contributed by atoms with Gasteiger partial charge in [-0.2, -0.15) is 0 Å². The quantitative estimate of drug-likeness (QED) is 0.480. The maximum absolute atomic E-state index is 7.50. The number of hydrogen-bond donors (Lipinski definition) is 0. The Morgan fingerprint density at radius 3 is 1.35 bits per heavy atom. The van der Waals surface area contributed by atoms with E-state index >= 15 is 0 Å².